The van der Waals surface area contributed by atoms with Crippen molar-refractivity contribution in [1.82, 2.24) is 4.98 Å². The predicted molar refractivity (Wildman–Crippen MR) is 75.5 cm³/mol. The zero-order chi connectivity index (χ0) is 13.7. The summed E-state index contributed by atoms with van der Waals surface area (Å²) in [5.74, 6) is 0.826. The van der Waals surface area contributed by atoms with Gasteiger partial charge in [-0.05, 0) is 23.8 Å². The summed E-state index contributed by atoms with van der Waals surface area (Å²) in [7, 11) is 1.64. The Kier molecular flexibility index (Phi) is 4.60. The molecule has 0 aliphatic heterocycles. The molecule has 0 bridgehead atoms. The van der Waals surface area contributed by atoms with E-state index in [1.807, 2.05) is 24.3 Å². The maximum Gasteiger partial charge on any atom is 0.131 e. The molecule has 0 aliphatic rings. The Morgan fingerprint density at radius 3 is 2.68 bits per heavy atom. The first kappa shape index (κ1) is 13.6. The Hall–Kier alpha value is -1.78. The third-order valence-corrected chi connectivity index (χ3v) is 2.97. The molecule has 1 aromatic carbocycles. The number of aromatic nitrogens is 1. The van der Waals surface area contributed by atoms with Crippen LogP contribution >= 0.6 is 11.6 Å². The highest BCUT2D eigenvalue weighted by Gasteiger charge is 2.03. The Morgan fingerprint density at radius 2 is 2.05 bits per heavy atom. The fourth-order valence-corrected chi connectivity index (χ4v) is 1.85. The van der Waals surface area contributed by atoms with Gasteiger partial charge >= 0.3 is 0 Å². The lowest BCUT2D eigenvalue weighted by Crippen LogP contribution is -2.03. The first-order valence-corrected chi connectivity index (χ1v) is 6.23. The van der Waals surface area contributed by atoms with E-state index in [4.69, 9.17) is 16.3 Å². The number of nitrogens with one attached hydrogen (secondary N) is 1. The van der Waals surface area contributed by atoms with Gasteiger partial charge in [0.15, 0.2) is 0 Å². The van der Waals surface area contributed by atoms with Gasteiger partial charge in [-0.3, -0.25) is 0 Å². The van der Waals surface area contributed by atoms with Gasteiger partial charge in [-0.2, -0.15) is 0 Å². The molecule has 2 aromatic rings. The highest BCUT2D eigenvalue weighted by atomic mass is 35.5. The van der Waals surface area contributed by atoms with E-state index in [1.54, 1.807) is 19.4 Å². The molecule has 0 fully saturated rings. The molecule has 1 heterocycles. The molecule has 5 heteroatoms. The van der Waals surface area contributed by atoms with Crippen LogP contribution in [0.1, 0.15) is 11.1 Å². The fraction of sp³-hybridized carbons (Fsp3) is 0.214. The van der Waals surface area contributed by atoms with Gasteiger partial charge in [0.05, 0.1) is 13.7 Å². The number of hydrogen-bond acceptors (Lipinski definition) is 4. The molecule has 0 saturated carbocycles. The number of rotatable bonds is 5. The second kappa shape index (κ2) is 6.41. The minimum Gasteiger partial charge on any atom is -0.497 e. The summed E-state index contributed by atoms with van der Waals surface area (Å²) >= 11 is 5.85. The number of aliphatic hydroxyl groups excluding tert-OH is 1. The van der Waals surface area contributed by atoms with Crippen LogP contribution in [0.2, 0.25) is 5.15 Å². The molecule has 0 amide bonds. The van der Waals surface area contributed by atoms with Crippen molar-refractivity contribution in [2.24, 2.45) is 0 Å². The van der Waals surface area contributed by atoms with E-state index in [0.29, 0.717) is 11.7 Å². The highest BCUT2D eigenvalue weighted by Crippen LogP contribution is 2.20. The highest BCUT2D eigenvalue weighted by molar-refractivity contribution is 6.29. The maximum absolute atomic E-state index is 9.24. The molecule has 2 N–H and O–H groups in total. The quantitative estimate of drug-likeness (QED) is 0.826. The largest absolute Gasteiger partial charge is 0.497 e. The normalized spacial score (nSPS) is 10.3. The topological polar surface area (TPSA) is 54.4 Å². The van der Waals surface area contributed by atoms with Crippen molar-refractivity contribution in [1.29, 1.82) is 0 Å². The summed E-state index contributed by atoms with van der Waals surface area (Å²) in [4.78, 5) is 3.94. The maximum atomic E-state index is 9.24. The van der Waals surface area contributed by atoms with Gasteiger partial charge in [0.2, 0.25) is 0 Å². The third kappa shape index (κ3) is 3.59. The summed E-state index contributed by atoms with van der Waals surface area (Å²) in [6.45, 7) is 0.562. The van der Waals surface area contributed by atoms with E-state index in [2.05, 4.69) is 10.3 Å². The van der Waals surface area contributed by atoms with Gasteiger partial charge in [-0.15, -0.1) is 0 Å². The van der Waals surface area contributed by atoms with E-state index in [-0.39, 0.29) is 6.61 Å². The van der Waals surface area contributed by atoms with Crippen LogP contribution in [0.15, 0.2) is 36.5 Å². The minimum absolute atomic E-state index is 0.0743. The number of halogens is 1. The summed E-state index contributed by atoms with van der Waals surface area (Å²) in [5.41, 5.74) is 2.62. The lowest BCUT2D eigenvalue weighted by atomic mass is 10.2. The second-order valence-corrected chi connectivity index (χ2v) is 4.41. The summed E-state index contributed by atoms with van der Waals surface area (Å²) in [6.07, 6.45) is 1.57. The van der Waals surface area contributed by atoms with Crippen LogP contribution < -0.4 is 10.1 Å². The molecule has 1 aromatic heterocycles. The number of aliphatic hydroxyl groups is 1. The van der Waals surface area contributed by atoms with E-state index in [0.717, 1.165) is 22.6 Å². The second-order valence-electron chi connectivity index (χ2n) is 4.02. The summed E-state index contributed by atoms with van der Waals surface area (Å²) < 4.78 is 5.11. The lowest BCUT2D eigenvalue weighted by molar-refractivity contribution is 0.282. The molecule has 2 rings (SSSR count). The number of benzene rings is 1. The smallest absolute Gasteiger partial charge is 0.131 e. The number of ether oxygens (including phenoxy) is 1. The van der Waals surface area contributed by atoms with Crippen molar-refractivity contribution in [3.63, 3.8) is 0 Å². The van der Waals surface area contributed by atoms with Crippen molar-refractivity contribution in [2.45, 2.75) is 13.2 Å². The summed E-state index contributed by atoms with van der Waals surface area (Å²) in [6, 6.07) is 9.48. The molecule has 4 nitrogen and oxygen atoms in total. The van der Waals surface area contributed by atoms with Crippen molar-refractivity contribution >= 4 is 17.3 Å². The molecular formula is C14H15ClN2O2. The number of anilines is 1. The number of nitrogens with zero attached hydrogens (tertiary/aromatic N) is 1. The molecule has 0 atom stereocenters. The van der Waals surface area contributed by atoms with Gasteiger partial charge in [0, 0.05) is 24.0 Å². The average molecular weight is 279 g/mol. The van der Waals surface area contributed by atoms with Crippen LogP contribution in [0.3, 0.4) is 0 Å². The van der Waals surface area contributed by atoms with Crippen LogP contribution in [-0.2, 0) is 13.2 Å². The Morgan fingerprint density at radius 1 is 1.32 bits per heavy atom. The zero-order valence-corrected chi connectivity index (χ0v) is 11.3. The van der Waals surface area contributed by atoms with Crippen molar-refractivity contribution in [3.05, 3.63) is 52.8 Å². The average Bonchev–Trinajstić information content (AvgIpc) is 2.46. The Labute approximate surface area is 117 Å². The number of methoxy groups -OCH3 is 1. The Balaban J connectivity index is 2.07. The fourth-order valence-electron chi connectivity index (χ4n) is 1.69. The minimum atomic E-state index is -0.0743. The summed E-state index contributed by atoms with van der Waals surface area (Å²) in [5, 5.41) is 12.9. The first-order valence-electron chi connectivity index (χ1n) is 5.85. The predicted octanol–water partition coefficient (Wildman–Crippen LogP) is 2.85. The standard InChI is InChI=1S/C14H15ClN2O2/c1-19-12-4-2-10(3-5-12)7-16-13-6-14(15)17-8-11(13)9-18/h2-6,8,18H,7,9H2,1H3,(H,16,17). The van der Waals surface area contributed by atoms with Crippen LogP contribution in [-0.4, -0.2) is 17.2 Å². The molecular weight excluding hydrogens is 264 g/mol. The van der Waals surface area contributed by atoms with Gasteiger partial charge < -0.3 is 15.2 Å². The molecule has 0 unspecified atom stereocenters. The third-order valence-electron chi connectivity index (χ3n) is 2.77. The molecule has 0 saturated heterocycles. The molecule has 0 spiro atoms. The zero-order valence-electron chi connectivity index (χ0n) is 10.6. The number of pyridine rings is 1. The molecule has 100 valence electrons. The van der Waals surface area contributed by atoms with Crippen LogP contribution in [0.5, 0.6) is 5.75 Å². The number of hydrogen-bond donors (Lipinski definition) is 2. The van der Waals surface area contributed by atoms with Gasteiger partial charge in [0.25, 0.3) is 0 Å². The Bertz CT molecular complexity index is 544. The van der Waals surface area contributed by atoms with Crippen LogP contribution in [0, 0.1) is 0 Å². The van der Waals surface area contributed by atoms with Gasteiger partial charge in [-0.1, -0.05) is 23.7 Å². The van der Waals surface area contributed by atoms with Crippen molar-refractivity contribution in [2.75, 3.05) is 12.4 Å². The molecule has 19 heavy (non-hydrogen) atoms. The van der Waals surface area contributed by atoms with E-state index < -0.39 is 0 Å². The van der Waals surface area contributed by atoms with Crippen molar-refractivity contribution < 1.29 is 9.84 Å². The van der Waals surface area contributed by atoms with Crippen LogP contribution in [0.4, 0.5) is 5.69 Å². The van der Waals surface area contributed by atoms with E-state index >= 15 is 0 Å². The lowest BCUT2D eigenvalue weighted by Gasteiger charge is -2.11. The van der Waals surface area contributed by atoms with E-state index in [1.165, 1.54) is 0 Å². The van der Waals surface area contributed by atoms with Gasteiger partial charge in [-0.25, -0.2) is 4.98 Å². The monoisotopic (exact) mass is 278 g/mol. The van der Waals surface area contributed by atoms with Crippen molar-refractivity contribution in [3.8, 4) is 5.75 Å². The SMILES string of the molecule is COc1ccc(CNc2cc(Cl)ncc2CO)cc1. The van der Waals surface area contributed by atoms with Crippen LogP contribution in [0.25, 0.3) is 0 Å². The molecule has 0 radical (unpaired) electrons. The first-order chi connectivity index (χ1) is 9.22. The van der Waals surface area contributed by atoms with Gasteiger partial charge in [0.1, 0.15) is 10.9 Å². The van der Waals surface area contributed by atoms with E-state index in [9.17, 15) is 5.11 Å². The molecule has 0 aliphatic carbocycles.